The summed E-state index contributed by atoms with van der Waals surface area (Å²) >= 11 is 1.99. The van der Waals surface area contributed by atoms with E-state index >= 15 is 0 Å². The van der Waals surface area contributed by atoms with Crippen molar-refractivity contribution in [2.75, 3.05) is 0 Å². The average Bonchev–Trinajstić information content (AvgIpc) is 2.31. The second-order valence-corrected chi connectivity index (χ2v) is 3.63. The van der Waals surface area contributed by atoms with Gasteiger partial charge in [-0.2, -0.15) is 0 Å². The van der Waals surface area contributed by atoms with Crippen molar-refractivity contribution in [3.63, 3.8) is 0 Å². The van der Waals surface area contributed by atoms with Crippen LogP contribution in [0.25, 0.3) is 10.9 Å². The first-order valence-corrected chi connectivity index (χ1v) is 4.32. The number of rotatable bonds is 0. The van der Waals surface area contributed by atoms with Crippen molar-refractivity contribution in [3.05, 3.63) is 31.9 Å². The number of hydrogen-bond donors (Lipinski definition) is 2. The summed E-state index contributed by atoms with van der Waals surface area (Å²) < 4.78 is 13.9. The molecule has 0 atom stereocenters. The highest BCUT2D eigenvalue weighted by atomic mass is 127. The summed E-state index contributed by atoms with van der Waals surface area (Å²) in [4.78, 5) is 11.0. The summed E-state index contributed by atoms with van der Waals surface area (Å²) in [6.45, 7) is 0. The second-order valence-electron chi connectivity index (χ2n) is 2.39. The van der Waals surface area contributed by atoms with Gasteiger partial charge in [0, 0.05) is 3.57 Å². The fourth-order valence-electron chi connectivity index (χ4n) is 1.09. The van der Waals surface area contributed by atoms with Gasteiger partial charge in [-0.25, -0.2) is 4.39 Å². The molecule has 1 aromatic heterocycles. The van der Waals surface area contributed by atoms with Gasteiger partial charge in [0.15, 0.2) is 0 Å². The third kappa shape index (κ3) is 1.04. The molecule has 0 unspecified atom stereocenters. The van der Waals surface area contributed by atoms with Gasteiger partial charge in [-0.05, 0) is 34.7 Å². The van der Waals surface area contributed by atoms with Crippen LogP contribution in [0.5, 0.6) is 0 Å². The fraction of sp³-hybridized carbons (Fsp3) is 0. The fourth-order valence-corrected chi connectivity index (χ4v) is 1.67. The molecular formula is C7H4FIN2O. The predicted octanol–water partition coefficient (Wildman–Crippen LogP) is 1.60. The largest absolute Gasteiger partial charge is 0.297 e. The molecule has 1 heterocycles. The molecule has 0 saturated carbocycles. The number of benzene rings is 1. The van der Waals surface area contributed by atoms with Gasteiger partial charge >= 0.3 is 0 Å². The van der Waals surface area contributed by atoms with Gasteiger partial charge in [-0.15, -0.1) is 0 Å². The Hall–Kier alpha value is -0.850. The summed E-state index contributed by atoms with van der Waals surface area (Å²) in [7, 11) is 0. The quantitative estimate of drug-likeness (QED) is 0.706. The lowest BCUT2D eigenvalue weighted by atomic mass is 10.2. The molecule has 0 aliphatic heterocycles. The Bertz CT molecular complexity index is 488. The summed E-state index contributed by atoms with van der Waals surface area (Å²) in [6, 6.07) is 3.03. The van der Waals surface area contributed by atoms with E-state index in [9.17, 15) is 9.18 Å². The lowest BCUT2D eigenvalue weighted by Gasteiger charge is -1.91. The molecule has 12 heavy (non-hydrogen) atoms. The molecule has 0 saturated heterocycles. The van der Waals surface area contributed by atoms with Crippen LogP contribution in [0.2, 0.25) is 0 Å². The minimum absolute atomic E-state index is 0.0930. The van der Waals surface area contributed by atoms with E-state index in [1.807, 2.05) is 22.6 Å². The highest BCUT2D eigenvalue weighted by Gasteiger charge is 2.07. The van der Waals surface area contributed by atoms with Crippen LogP contribution in [0, 0.1) is 9.39 Å². The SMILES string of the molecule is O=c1[nH][nH]c2cc(I)cc(F)c12. The molecule has 2 aromatic rings. The van der Waals surface area contributed by atoms with Crippen molar-refractivity contribution in [2.24, 2.45) is 0 Å². The van der Waals surface area contributed by atoms with Crippen LogP contribution >= 0.6 is 22.6 Å². The Kier molecular flexibility index (Phi) is 1.67. The number of fused-ring (bicyclic) bond motifs is 1. The molecule has 0 aliphatic rings. The summed E-state index contributed by atoms with van der Waals surface area (Å²) in [6.07, 6.45) is 0. The molecule has 1 aromatic carbocycles. The zero-order valence-corrected chi connectivity index (χ0v) is 7.98. The number of halogens is 2. The monoisotopic (exact) mass is 278 g/mol. The summed E-state index contributed by atoms with van der Waals surface area (Å²) in [5.41, 5.74) is 0.0864. The highest BCUT2D eigenvalue weighted by Crippen LogP contribution is 2.15. The van der Waals surface area contributed by atoms with Crippen molar-refractivity contribution in [3.8, 4) is 0 Å². The van der Waals surface area contributed by atoms with E-state index in [0.717, 1.165) is 3.57 Å². The number of aromatic amines is 2. The topological polar surface area (TPSA) is 48.6 Å². The zero-order chi connectivity index (χ0) is 8.72. The zero-order valence-electron chi connectivity index (χ0n) is 5.82. The lowest BCUT2D eigenvalue weighted by molar-refractivity contribution is 0.638. The highest BCUT2D eigenvalue weighted by molar-refractivity contribution is 14.1. The van der Waals surface area contributed by atoms with Crippen LogP contribution in [-0.2, 0) is 0 Å². The van der Waals surface area contributed by atoms with Gasteiger partial charge in [-0.3, -0.25) is 15.0 Å². The minimum atomic E-state index is -0.487. The third-order valence-corrected chi connectivity index (χ3v) is 2.22. The van der Waals surface area contributed by atoms with Crippen molar-refractivity contribution < 1.29 is 4.39 Å². The first-order chi connectivity index (χ1) is 5.68. The minimum Gasteiger partial charge on any atom is -0.297 e. The normalized spacial score (nSPS) is 10.8. The Morgan fingerprint density at radius 1 is 1.33 bits per heavy atom. The summed E-state index contributed by atoms with van der Waals surface area (Å²) in [5.74, 6) is -0.487. The Morgan fingerprint density at radius 2 is 2.08 bits per heavy atom. The molecule has 0 radical (unpaired) electrons. The number of aromatic nitrogens is 2. The van der Waals surface area contributed by atoms with Crippen molar-refractivity contribution in [2.45, 2.75) is 0 Å². The van der Waals surface area contributed by atoms with E-state index in [1.165, 1.54) is 6.07 Å². The molecule has 2 rings (SSSR count). The maximum Gasteiger partial charge on any atom is 0.274 e. The third-order valence-electron chi connectivity index (χ3n) is 1.59. The lowest BCUT2D eigenvalue weighted by Crippen LogP contribution is -1.99. The van der Waals surface area contributed by atoms with E-state index < -0.39 is 11.4 Å². The number of H-pyrrole nitrogens is 2. The Morgan fingerprint density at radius 3 is 2.83 bits per heavy atom. The van der Waals surface area contributed by atoms with E-state index in [1.54, 1.807) is 6.07 Å². The van der Waals surface area contributed by atoms with Crippen LogP contribution in [0.1, 0.15) is 0 Å². The Labute approximate surface area is 80.1 Å². The Balaban J connectivity index is 3.03. The van der Waals surface area contributed by atoms with Gasteiger partial charge < -0.3 is 0 Å². The molecule has 0 spiro atoms. The van der Waals surface area contributed by atoms with Crippen LogP contribution in [-0.4, -0.2) is 10.2 Å². The molecule has 3 nitrogen and oxygen atoms in total. The standard InChI is InChI=1S/C7H4FIN2O/c8-4-1-3(9)2-5-6(4)7(12)11-10-5/h1-2H,(H2,10,11,12). The van der Waals surface area contributed by atoms with Crippen LogP contribution in [0.4, 0.5) is 4.39 Å². The molecule has 0 aliphatic carbocycles. The van der Waals surface area contributed by atoms with Crippen LogP contribution in [0.3, 0.4) is 0 Å². The number of nitrogens with one attached hydrogen (secondary N) is 2. The van der Waals surface area contributed by atoms with Gasteiger partial charge in [0.05, 0.1) is 5.52 Å². The van der Waals surface area contributed by atoms with Crippen molar-refractivity contribution in [1.82, 2.24) is 10.2 Å². The molecule has 5 heteroatoms. The maximum absolute atomic E-state index is 13.1. The van der Waals surface area contributed by atoms with E-state index in [0.29, 0.717) is 5.52 Å². The predicted molar refractivity (Wildman–Crippen MR) is 51.6 cm³/mol. The second kappa shape index (κ2) is 2.58. The molecular weight excluding hydrogens is 274 g/mol. The van der Waals surface area contributed by atoms with Crippen LogP contribution < -0.4 is 5.56 Å². The molecule has 62 valence electrons. The maximum atomic E-state index is 13.1. The van der Waals surface area contributed by atoms with E-state index in [-0.39, 0.29) is 5.39 Å². The van der Waals surface area contributed by atoms with Gasteiger partial charge in [0.2, 0.25) is 0 Å². The van der Waals surface area contributed by atoms with Crippen molar-refractivity contribution >= 4 is 33.5 Å². The van der Waals surface area contributed by atoms with Gasteiger partial charge in [-0.1, -0.05) is 0 Å². The van der Waals surface area contributed by atoms with Gasteiger partial charge in [0.25, 0.3) is 5.56 Å². The average molecular weight is 278 g/mol. The molecule has 2 N–H and O–H groups in total. The van der Waals surface area contributed by atoms with E-state index in [4.69, 9.17) is 0 Å². The smallest absolute Gasteiger partial charge is 0.274 e. The van der Waals surface area contributed by atoms with Crippen LogP contribution in [0.15, 0.2) is 16.9 Å². The molecule has 0 fully saturated rings. The molecule has 0 bridgehead atoms. The summed E-state index contributed by atoms with van der Waals surface area (Å²) in [5, 5.41) is 5.00. The first-order valence-electron chi connectivity index (χ1n) is 3.24. The van der Waals surface area contributed by atoms with E-state index in [2.05, 4.69) is 10.2 Å². The van der Waals surface area contributed by atoms with Crippen molar-refractivity contribution in [1.29, 1.82) is 0 Å². The molecule has 0 amide bonds. The van der Waals surface area contributed by atoms with Gasteiger partial charge in [0.1, 0.15) is 11.2 Å². The number of hydrogen-bond acceptors (Lipinski definition) is 1. The first kappa shape index (κ1) is 7.78.